The molecule has 3 rings (SSSR count). The lowest BCUT2D eigenvalue weighted by Crippen LogP contribution is -2.39. The van der Waals surface area contributed by atoms with Crippen molar-refractivity contribution in [3.63, 3.8) is 0 Å². The highest BCUT2D eigenvalue weighted by Gasteiger charge is 2.54. The lowest BCUT2D eigenvalue weighted by Gasteiger charge is -2.22. The minimum absolute atomic E-state index is 0.0511. The van der Waals surface area contributed by atoms with Crippen molar-refractivity contribution in [2.24, 2.45) is 11.8 Å². The molecule has 0 amide bonds. The normalized spacial score (nSPS) is 37.5. The van der Waals surface area contributed by atoms with E-state index in [1.165, 1.54) is 4.31 Å². The molecule has 1 N–H and O–H groups in total. The van der Waals surface area contributed by atoms with E-state index < -0.39 is 21.9 Å². The second kappa shape index (κ2) is 3.68. The third-order valence-electron chi connectivity index (χ3n) is 4.25. The summed E-state index contributed by atoms with van der Waals surface area (Å²) < 4.78 is 26.0. The first-order chi connectivity index (χ1) is 7.99. The fourth-order valence-electron chi connectivity index (χ4n) is 3.31. The number of carboxylic acid groups (broad SMARTS) is 1. The van der Waals surface area contributed by atoms with Crippen LogP contribution >= 0.6 is 0 Å². The van der Waals surface area contributed by atoms with Gasteiger partial charge in [0.1, 0.15) is 0 Å². The van der Waals surface area contributed by atoms with Crippen LogP contribution in [0.2, 0.25) is 0 Å². The van der Waals surface area contributed by atoms with Crippen molar-refractivity contribution in [1.29, 1.82) is 0 Å². The van der Waals surface area contributed by atoms with E-state index in [0.29, 0.717) is 18.8 Å². The van der Waals surface area contributed by atoms with Gasteiger partial charge in [-0.3, -0.25) is 4.79 Å². The van der Waals surface area contributed by atoms with E-state index >= 15 is 0 Å². The molecule has 2 heterocycles. The number of fused-ring (bicyclic) bond motifs is 2. The Balaban J connectivity index is 1.82. The van der Waals surface area contributed by atoms with Crippen molar-refractivity contribution < 1.29 is 18.3 Å². The van der Waals surface area contributed by atoms with E-state index in [2.05, 4.69) is 0 Å². The average molecular weight is 259 g/mol. The minimum Gasteiger partial charge on any atom is -0.481 e. The number of nitrogens with zero attached hydrogens (tertiary/aromatic N) is 1. The van der Waals surface area contributed by atoms with E-state index in [-0.39, 0.29) is 17.8 Å². The Hall–Kier alpha value is -0.620. The minimum atomic E-state index is -3.23. The molecule has 2 aliphatic heterocycles. The maximum Gasteiger partial charge on any atom is 0.308 e. The van der Waals surface area contributed by atoms with Gasteiger partial charge in [0.25, 0.3) is 0 Å². The van der Waals surface area contributed by atoms with Crippen LogP contribution in [0.1, 0.15) is 32.1 Å². The Kier molecular flexibility index (Phi) is 2.49. The Bertz CT molecular complexity index is 442. The maximum atomic E-state index is 12.2. The van der Waals surface area contributed by atoms with E-state index in [9.17, 15) is 13.2 Å². The van der Waals surface area contributed by atoms with Crippen LogP contribution in [-0.4, -0.2) is 41.6 Å². The first-order valence-corrected chi connectivity index (χ1v) is 7.84. The smallest absolute Gasteiger partial charge is 0.308 e. The predicted molar refractivity (Wildman–Crippen MR) is 60.9 cm³/mol. The molecule has 96 valence electrons. The van der Waals surface area contributed by atoms with Gasteiger partial charge in [0, 0.05) is 12.1 Å². The van der Waals surface area contributed by atoms with Crippen LogP contribution in [0.3, 0.4) is 0 Å². The fourth-order valence-corrected chi connectivity index (χ4v) is 5.72. The lowest BCUT2D eigenvalue weighted by atomic mass is 9.89. The molecule has 6 heteroatoms. The van der Waals surface area contributed by atoms with Gasteiger partial charge in [0.15, 0.2) is 0 Å². The Morgan fingerprint density at radius 3 is 2.47 bits per heavy atom. The molecule has 0 aromatic carbocycles. The Morgan fingerprint density at radius 1 is 1.24 bits per heavy atom. The van der Waals surface area contributed by atoms with Crippen molar-refractivity contribution in [2.45, 2.75) is 44.2 Å². The van der Waals surface area contributed by atoms with Crippen LogP contribution in [-0.2, 0) is 14.8 Å². The number of carboxylic acids is 1. The third-order valence-corrected chi connectivity index (χ3v) is 6.36. The lowest BCUT2D eigenvalue weighted by molar-refractivity contribution is -0.142. The average Bonchev–Trinajstić information content (AvgIpc) is 2.84. The predicted octanol–water partition coefficient (Wildman–Crippen LogP) is 0.664. The van der Waals surface area contributed by atoms with Gasteiger partial charge >= 0.3 is 5.97 Å². The van der Waals surface area contributed by atoms with E-state index in [1.54, 1.807) is 0 Å². The van der Waals surface area contributed by atoms with Crippen LogP contribution in [0.25, 0.3) is 0 Å². The summed E-state index contributed by atoms with van der Waals surface area (Å²) in [5.41, 5.74) is 0. The molecule has 5 nitrogen and oxygen atoms in total. The van der Waals surface area contributed by atoms with Gasteiger partial charge in [-0.1, -0.05) is 0 Å². The number of aliphatic carboxylic acids is 1. The first-order valence-electron chi connectivity index (χ1n) is 6.23. The molecule has 0 aromatic heterocycles. The van der Waals surface area contributed by atoms with Crippen molar-refractivity contribution in [3.05, 3.63) is 0 Å². The first kappa shape index (κ1) is 11.5. The topological polar surface area (TPSA) is 74.7 Å². The van der Waals surface area contributed by atoms with Gasteiger partial charge in [-0.25, -0.2) is 8.42 Å². The second-order valence-electron chi connectivity index (χ2n) is 5.53. The third kappa shape index (κ3) is 1.87. The number of hydrogen-bond donors (Lipinski definition) is 1. The molecule has 1 aliphatic carbocycles. The molecular weight excluding hydrogens is 242 g/mol. The highest BCUT2D eigenvalue weighted by atomic mass is 32.2. The zero-order valence-corrected chi connectivity index (χ0v) is 10.4. The van der Waals surface area contributed by atoms with Crippen molar-refractivity contribution in [3.8, 4) is 0 Å². The van der Waals surface area contributed by atoms with E-state index in [0.717, 1.165) is 19.3 Å². The van der Waals surface area contributed by atoms with Gasteiger partial charge in [-0.05, 0) is 38.0 Å². The van der Waals surface area contributed by atoms with Crippen molar-refractivity contribution in [2.75, 3.05) is 5.75 Å². The summed E-state index contributed by atoms with van der Waals surface area (Å²) in [5.74, 6) is -0.776. The molecule has 2 bridgehead atoms. The van der Waals surface area contributed by atoms with Crippen LogP contribution in [0.4, 0.5) is 0 Å². The molecule has 3 fully saturated rings. The highest BCUT2D eigenvalue weighted by molar-refractivity contribution is 7.89. The highest BCUT2D eigenvalue weighted by Crippen LogP contribution is 2.45. The summed E-state index contributed by atoms with van der Waals surface area (Å²) in [5, 5.41) is 9.09. The number of sulfonamides is 1. The summed E-state index contributed by atoms with van der Waals surface area (Å²) in [7, 11) is -3.23. The summed E-state index contributed by atoms with van der Waals surface area (Å²) in [6.45, 7) is 0. The molecule has 1 saturated carbocycles. The zero-order valence-electron chi connectivity index (χ0n) is 9.58. The summed E-state index contributed by atoms with van der Waals surface area (Å²) in [6, 6.07) is -0.328. The SMILES string of the molecule is O=C(O)C1CC2CCC1N2S(=O)(=O)CC1CC1. The zero-order chi connectivity index (χ0) is 12.2. The van der Waals surface area contributed by atoms with Gasteiger partial charge in [0.05, 0.1) is 11.7 Å². The van der Waals surface area contributed by atoms with Crippen molar-refractivity contribution >= 4 is 16.0 Å². The Labute approximate surface area is 101 Å². The molecule has 2 saturated heterocycles. The molecule has 3 aliphatic rings. The fraction of sp³-hybridized carbons (Fsp3) is 0.909. The monoisotopic (exact) mass is 259 g/mol. The molecule has 0 spiro atoms. The second-order valence-corrected chi connectivity index (χ2v) is 7.45. The number of hydrogen-bond acceptors (Lipinski definition) is 3. The van der Waals surface area contributed by atoms with Gasteiger partial charge in [0.2, 0.25) is 10.0 Å². The summed E-state index contributed by atoms with van der Waals surface area (Å²) in [4.78, 5) is 11.1. The van der Waals surface area contributed by atoms with E-state index in [4.69, 9.17) is 5.11 Å². The van der Waals surface area contributed by atoms with Gasteiger partial charge < -0.3 is 5.11 Å². The number of rotatable bonds is 4. The van der Waals surface area contributed by atoms with Gasteiger partial charge in [-0.15, -0.1) is 0 Å². The molecule has 0 radical (unpaired) electrons. The van der Waals surface area contributed by atoms with Crippen LogP contribution in [0, 0.1) is 11.8 Å². The van der Waals surface area contributed by atoms with Crippen LogP contribution in [0.15, 0.2) is 0 Å². The van der Waals surface area contributed by atoms with Gasteiger partial charge in [-0.2, -0.15) is 4.31 Å². The molecule has 3 atom stereocenters. The molecule has 0 aromatic rings. The quantitative estimate of drug-likeness (QED) is 0.805. The number of carbonyl (C=O) groups is 1. The maximum absolute atomic E-state index is 12.2. The summed E-state index contributed by atoms with van der Waals surface area (Å²) >= 11 is 0. The summed E-state index contributed by atoms with van der Waals surface area (Å²) in [6.07, 6.45) is 4.06. The largest absolute Gasteiger partial charge is 0.481 e. The molecular formula is C11H17NO4S. The Morgan fingerprint density at radius 2 is 1.94 bits per heavy atom. The van der Waals surface area contributed by atoms with E-state index in [1.807, 2.05) is 0 Å². The molecule has 17 heavy (non-hydrogen) atoms. The van der Waals surface area contributed by atoms with Crippen molar-refractivity contribution in [1.82, 2.24) is 4.31 Å². The standard InChI is InChI=1S/C11H17NO4S/c13-11(14)9-5-8-3-4-10(9)12(8)17(15,16)6-7-1-2-7/h7-10H,1-6H2,(H,13,14). The molecule has 3 unspecified atom stereocenters. The van der Waals surface area contributed by atoms with Crippen LogP contribution < -0.4 is 0 Å². The van der Waals surface area contributed by atoms with Crippen LogP contribution in [0.5, 0.6) is 0 Å².